The lowest BCUT2D eigenvalue weighted by atomic mass is 10.2. The molecule has 4 heteroatoms. The molecule has 0 aliphatic carbocycles. The Hall–Kier alpha value is -1.58. The van der Waals surface area contributed by atoms with Crippen molar-refractivity contribution in [2.75, 3.05) is 0 Å². The van der Waals surface area contributed by atoms with Crippen LogP contribution in [0.1, 0.15) is 23.0 Å². The molecule has 1 heterocycles. The van der Waals surface area contributed by atoms with Crippen molar-refractivity contribution in [1.29, 1.82) is 0 Å². The van der Waals surface area contributed by atoms with Crippen LogP contribution in [0.4, 0.5) is 0 Å². The molecular formula is C10H14N2O2. The maximum absolute atomic E-state index is 10.9. The Kier molecular flexibility index (Phi) is 2.74. The predicted molar refractivity (Wildman–Crippen MR) is 53.3 cm³/mol. The normalized spacial score (nSPS) is 12.5. The van der Waals surface area contributed by atoms with Crippen molar-refractivity contribution in [3.05, 3.63) is 29.6 Å². The average molecular weight is 194 g/mol. The third kappa shape index (κ3) is 1.55. The van der Waals surface area contributed by atoms with Gasteiger partial charge in [0.1, 0.15) is 0 Å². The van der Waals surface area contributed by atoms with Gasteiger partial charge >= 0.3 is 5.97 Å². The van der Waals surface area contributed by atoms with E-state index in [4.69, 9.17) is 5.11 Å². The molecule has 1 aromatic rings. The number of carbonyl (C=O) groups is 1. The third-order valence-corrected chi connectivity index (χ3v) is 2.43. The molecule has 1 aromatic heterocycles. The first-order chi connectivity index (χ1) is 6.49. The number of rotatable bonds is 3. The standard InChI is InChI=1S/C10H14N2O2/c1-5-9(10(13)14)12-8(4)6(2)7(3)11-12/h5,9H,1H2,2-4H3,(H,13,14). The Bertz CT molecular complexity index is 380. The summed E-state index contributed by atoms with van der Waals surface area (Å²) < 4.78 is 1.49. The fourth-order valence-corrected chi connectivity index (χ4v) is 1.32. The summed E-state index contributed by atoms with van der Waals surface area (Å²) in [6, 6.07) is -0.776. The summed E-state index contributed by atoms with van der Waals surface area (Å²) in [7, 11) is 0. The number of nitrogens with zero attached hydrogens (tertiary/aromatic N) is 2. The van der Waals surface area contributed by atoms with Crippen LogP contribution in [0.3, 0.4) is 0 Å². The summed E-state index contributed by atoms with van der Waals surface area (Å²) >= 11 is 0. The minimum atomic E-state index is -0.939. The maximum atomic E-state index is 10.9. The predicted octanol–water partition coefficient (Wildman–Crippen LogP) is 1.62. The Labute approximate surface area is 82.9 Å². The van der Waals surface area contributed by atoms with Gasteiger partial charge in [-0.25, -0.2) is 4.79 Å². The first-order valence-corrected chi connectivity index (χ1v) is 4.36. The van der Waals surface area contributed by atoms with Crippen LogP contribution in [0.25, 0.3) is 0 Å². The number of hydrogen-bond donors (Lipinski definition) is 1. The molecule has 0 aliphatic heterocycles. The molecular weight excluding hydrogens is 180 g/mol. The first-order valence-electron chi connectivity index (χ1n) is 4.36. The molecule has 4 nitrogen and oxygen atoms in total. The third-order valence-electron chi connectivity index (χ3n) is 2.43. The molecule has 1 atom stereocenters. The zero-order valence-electron chi connectivity index (χ0n) is 8.61. The van der Waals surface area contributed by atoms with E-state index >= 15 is 0 Å². The monoisotopic (exact) mass is 194 g/mol. The second kappa shape index (κ2) is 3.65. The zero-order valence-corrected chi connectivity index (χ0v) is 8.61. The molecule has 1 N–H and O–H groups in total. The number of aromatic nitrogens is 2. The second-order valence-corrected chi connectivity index (χ2v) is 3.26. The minimum Gasteiger partial charge on any atom is -0.479 e. The summed E-state index contributed by atoms with van der Waals surface area (Å²) in [5, 5.41) is 13.1. The highest BCUT2D eigenvalue weighted by atomic mass is 16.4. The van der Waals surface area contributed by atoms with Gasteiger partial charge in [0.2, 0.25) is 0 Å². The van der Waals surface area contributed by atoms with Crippen molar-refractivity contribution < 1.29 is 9.90 Å². The second-order valence-electron chi connectivity index (χ2n) is 3.26. The summed E-state index contributed by atoms with van der Waals surface area (Å²) in [5.74, 6) is -0.939. The first kappa shape index (κ1) is 10.5. The molecule has 14 heavy (non-hydrogen) atoms. The van der Waals surface area contributed by atoms with Crippen LogP contribution in [-0.2, 0) is 4.79 Å². The van der Waals surface area contributed by atoms with Crippen LogP contribution in [0.5, 0.6) is 0 Å². The molecule has 0 saturated heterocycles. The number of carboxylic acids is 1. The molecule has 1 unspecified atom stereocenters. The number of aliphatic carboxylic acids is 1. The van der Waals surface area contributed by atoms with Gasteiger partial charge in [-0.15, -0.1) is 6.58 Å². The lowest BCUT2D eigenvalue weighted by Crippen LogP contribution is -2.19. The van der Waals surface area contributed by atoms with E-state index in [1.54, 1.807) is 0 Å². The van der Waals surface area contributed by atoms with Crippen molar-refractivity contribution in [2.24, 2.45) is 0 Å². The fourth-order valence-electron chi connectivity index (χ4n) is 1.32. The van der Waals surface area contributed by atoms with Crippen molar-refractivity contribution >= 4 is 5.97 Å². The van der Waals surface area contributed by atoms with E-state index in [1.165, 1.54) is 10.8 Å². The van der Waals surface area contributed by atoms with Gasteiger partial charge in [-0.3, -0.25) is 4.68 Å². The maximum Gasteiger partial charge on any atom is 0.332 e. The van der Waals surface area contributed by atoms with Gasteiger partial charge in [-0.05, 0) is 26.3 Å². The van der Waals surface area contributed by atoms with Crippen LogP contribution in [-0.4, -0.2) is 20.9 Å². The quantitative estimate of drug-likeness (QED) is 0.744. The van der Waals surface area contributed by atoms with Gasteiger partial charge in [-0.1, -0.05) is 6.08 Å². The molecule has 76 valence electrons. The lowest BCUT2D eigenvalue weighted by molar-refractivity contribution is -0.139. The summed E-state index contributed by atoms with van der Waals surface area (Å²) in [6.45, 7) is 9.14. The van der Waals surface area contributed by atoms with Crippen LogP contribution in [0.2, 0.25) is 0 Å². The van der Waals surface area contributed by atoms with Gasteiger partial charge in [0.25, 0.3) is 0 Å². The Morgan fingerprint density at radius 1 is 1.57 bits per heavy atom. The highest BCUT2D eigenvalue weighted by Crippen LogP contribution is 2.17. The summed E-state index contributed by atoms with van der Waals surface area (Å²) in [5.41, 5.74) is 2.75. The molecule has 0 fully saturated rings. The molecule has 0 spiro atoms. The zero-order chi connectivity index (χ0) is 10.9. The highest BCUT2D eigenvalue weighted by Gasteiger charge is 2.19. The number of carboxylic acid groups (broad SMARTS) is 1. The molecule has 0 bridgehead atoms. The van der Waals surface area contributed by atoms with Crippen LogP contribution in [0, 0.1) is 20.8 Å². The van der Waals surface area contributed by atoms with E-state index in [0.717, 1.165) is 17.0 Å². The van der Waals surface area contributed by atoms with Gasteiger partial charge in [0.05, 0.1) is 5.69 Å². The average Bonchev–Trinajstić information content (AvgIpc) is 2.35. The van der Waals surface area contributed by atoms with E-state index in [9.17, 15) is 4.79 Å². The number of hydrogen-bond acceptors (Lipinski definition) is 2. The van der Waals surface area contributed by atoms with Crippen molar-refractivity contribution in [3.63, 3.8) is 0 Å². The van der Waals surface area contributed by atoms with Gasteiger partial charge in [0.15, 0.2) is 6.04 Å². The van der Waals surface area contributed by atoms with Crippen LogP contribution < -0.4 is 0 Å². The molecule has 0 amide bonds. The molecule has 0 aromatic carbocycles. The van der Waals surface area contributed by atoms with Crippen LogP contribution >= 0.6 is 0 Å². The van der Waals surface area contributed by atoms with Crippen molar-refractivity contribution in [2.45, 2.75) is 26.8 Å². The van der Waals surface area contributed by atoms with Gasteiger partial charge in [0, 0.05) is 5.69 Å². The van der Waals surface area contributed by atoms with Crippen LogP contribution in [0.15, 0.2) is 12.7 Å². The Morgan fingerprint density at radius 2 is 2.14 bits per heavy atom. The smallest absolute Gasteiger partial charge is 0.332 e. The fraction of sp³-hybridized carbons (Fsp3) is 0.400. The van der Waals surface area contributed by atoms with E-state index < -0.39 is 12.0 Å². The van der Waals surface area contributed by atoms with Crippen molar-refractivity contribution in [3.8, 4) is 0 Å². The lowest BCUT2D eigenvalue weighted by Gasteiger charge is -2.09. The van der Waals surface area contributed by atoms with E-state index in [1.807, 2.05) is 20.8 Å². The molecule has 0 aliphatic rings. The highest BCUT2D eigenvalue weighted by molar-refractivity contribution is 5.74. The summed E-state index contributed by atoms with van der Waals surface area (Å²) in [6.07, 6.45) is 1.38. The van der Waals surface area contributed by atoms with Crippen molar-refractivity contribution in [1.82, 2.24) is 9.78 Å². The van der Waals surface area contributed by atoms with Gasteiger partial charge < -0.3 is 5.11 Å². The largest absolute Gasteiger partial charge is 0.479 e. The number of aryl methyl sites for hydroxylation is 1. The van der Waals surface area contributed by atoms with Gasteiger partial charge in [-0.2, -0.15) is 5.10 Å². The van der Waals surface area contributed by atoms with E-state index in [2.05, 4.69) is 11.7 Å². The molecule has 0 saturated carbocycles. The molecule has 1 rings (SSSR count). The Balaban J connectivity index is 3.24. The SMILES string of the molecule is C=CC(C(=O)O)n1nc(C)c(C)c1C. The Morgan fingerprint density at radius 3 is 2.43 bits per heavy atom. The topological polar surface area (TPSA) is 55.1 Å². The molecule has 0 radical (unpaired) electrons. The van der Waals surface area contributed by atoms with E-state index in [-0.39, 0.29) is 0 Å². The summed E-state index contributed by atoms with van der Waals surface area (Å²) in [4.78, 5) is 10.9. The minimum absolute atomic E-state index is 0.776. The van der Waals surface area contributed by atoms with E-state index in [0.29, 0.717) is 0 Å².